The van der Waals surface area contributed by atoms with Crippen LogP contribution in [0, 0.1) is 0 Å². The quantitative estimate of drug-likeness (QED) is 0.692. The Morgan fingerprint density at radius 3 is 2.80 bits per heavy atom. The van der Waals surface area contributed by atoms with E-state index in [-0.39, 0.29) is 18.4 Å². The van der Waals surface area contributed by atoms with Crippen molar-refractivity contribution in [2.45, 2.75) is 12.5 Å². The van der Waals surface area contributed by atoms with E-state index in [4.69, 9.17) is 0 Å². The summed E-state index contributed by atoms with van der Waals surface area (Å²) in [6.45, 7) is 0.587. The fraction of sp³-hybridized carbons (Fsp3) is 0.278. The second-order valence-electron chi connectivity index (χ2n) is 5.83. The van der Waals surface area contributed by atoms with E-state index in [9.17, 15) is 4.79 Å². The maximum Gasteiger partial charge on any atom is 0.226 e. The Balaban J connectivity index is 1.57. The average Bonchev–Trinajstić information content (AvgIpc) is 3.28. The van der Waals surface area contributed by atoms with E-state index >= 15 is 0 Å². The van der Waals surface area contributed by atoms with E-state index in [1.54, 1.807) is 17.5 Å². The number of hydrogen-bond donors (Lipinski definition) is 1. The number of thiazole rings is 1. The number of likely N-dealkylation sites (N-methyl/N-ethyl adjacent to an activating group) is 1. The van der Waals surface area contributed by atoms with Gasteiger partial charge in [0.1, 0.15) is 5.01 Å². The molecule has 1 amide bonds. The molecule has 3 aromatic heterocycles. The van der Waals surface area contributed by atoms with E-state index in [0.717, 1.165) is 16.4 Å². The molecule has 25 heavy (non-hydrogen) atoms. The highest BCUT2D eigenvalue weighted by molar-refractivity contribution is 7.13. The van der Waals surface area contributed by atoms with Gasteiger partial charge < -0.3 is 10.2 Å². The zero-order valence-corrected chi connectivity index (χ0v) is 15.8. The first kappa shape index (κ1) is 17.7. The number of carbonyl (C=O) groups is 1. The molecule has 7 heteroatoms. The molecule has 0 aliphatic rings. The van der Waals surface area contributed by atoms with Crippen molar-refractivity contribution < 1.29 is 4.79 Å². The smallest absolute Gasteiger partial charge is 0.226 e. The van der Waals surface area contributed by atoms with Gasteiger partial charge in [0.15, 0.2) is 0 Å². The van der Waals surface area contributed by atoms with Crippen LogP contribution in [0.4, 0.5) is 0 Å². The molecular weight excluding hydrogens is 352 g/mol. The SMILES string of the molecule is CN(C)C(CNC(=O)Cc1csc(-c2ccccn2)n1)c1cccs1. The topological polar surface area (TPSA) is 58.1 Å². The number of carbonyl (C=O) groups excluding carboxylic acids is 1. The summed E-state index contributed by atoms with van der Waals surface area (Å²) in [6, 6.07) is 10.0. The summed E-state index contributed by atoms with van der Waals surface area (Å²) in [6.07, 6.45) is 2.03. The third-order valence-corrected chi connectivity index (χ3v) is 5.65. The van der Waals surface area contributed by atoms with Crippen molar-refractivity contribution in [1.82, 2.24) is 20.2 Å². The number of pyridine rings is 1. The number of rotatable bonds is 7. The zero-order valence-electron chi connectivity index (χ0n) is 14.2. The molecule has 0 saturated carbocycles. The van der Waals surface area contributed by atoms with Crippen molar-refractivity contribution in [2.24, 2.45) is 0 Å². The van der Waals surface area contributed by atoms with E-state index in [1.165, 1.54) is 16.2 Å². The second kappa shape index (κ2) is 8.33. The van der Waals surface area contributed by atoms with Gasteiger partial charge in [-0.25, -0.2) is 4.98 Å². The lowest BCUT2D eigenvalue weighted by atomic mass is 10.2. The van der Waals surface area contributed by atoms with Gasteiger partial charge in [0.2, 0.25) is 5.91 Å². The fourth-order valence-electron chi connectivity index (χ4n) is 2.45. The van der Waals surface area contributed by atoms with Crippen LogP contribution in [0.15, 0.2) is 47.3 Å². The Morgan fingerprint density at radius 1 is 1.24 bits per heavy atom. The lowest BCUT2D eigenvalue weighted by Gasteiger charge is -2.23. The zero-order chi connectivity index (χ0) is 17.6. The van der Waals surface area contributed by atoms with Crippen LogP contribution in [0.25, 0.3) is 10.7 Å². The number of nitrogens with one attached hydrogen (secondary N) is 1. The molecule has 1 atom stereocenters. The molecule has 0 aromatic carbocycles. The summed E-state index contributed by atoms with van der Waals surface area (Å²) in [7, 11) is 4.05. The highest BCUT2D eigenvalue weighted by Gasteiger charge is 2.17. The molecule has 0 bridgehead atoms. The Labute approximate surface area is 155 Å². The number of nitrogens with zero attached hydrogens (tertiary/aromatic N) is 3. The number of thiophene rings is 1. The molecular formula is C18H20N4OS2. The molecule has 0 spiro atoms. The standard InChI is InChI=1S/C18H20N4OS2/c1-22(2)15(16-7-5-9-24-16)11-20-17(23)10-13-12-25-18(21-13)14-6-3-4-8-19-14/h3-9,12,15H,10-11H2,1-2H3,(H,20,23). The third-order valence-electron chi connectivity index (χ3n) is 3.76. The molecule has 3 aromatic rings. The lowest BCUT2D eigenvalue weighted by molar-refractivity contribution is -0.120. The van der Waals surface area contributed by atoms with Gasteiger partial charge in [-0.3, -0.25) is 9.78 Å². The Hall–Kier alpha value is -2.09. The largest absolute Gasteiger partial charge is 0.354 e. The van der Waals surface area contributed by atoms with Crippen LogP contribution in [0.1, 0.15) is 16.6 Å². The van der Waals surface area contributed by atoms with Gasteiger partial charge in [-0.15, -0.1) is 22.7 Å². The Kier molecular flexibility index (Phi) is 5.91. The van der Waals surface area contributed by atoms with Crippen molar-refractivity contribution >= 4 is 28.6 Å². The molecule has 3 heterocycles. The van der Waals surface area contributed by atoms with Gasteiger partial charge in [-0.2, -0.15) is 0 Å². The monoisotopic (exact) mass is 372 g/mol. The summed E-state index contributed by atoms with van der Waals surface area (Å²) in [4.78, 5) is 24.5. The molecule has 0 aliphatic heterocycles. The van der Waals surface area contributed by atoms with E-state index in [2.05, 4.69) is 31.6 Å². The van der Waals surface area contributed by atoms with Crippen LogP contribution in [0.5, 0.6) is 0 Å². The van der Waals surface area contributed by atoms with Crippen LogP contribution in [0.3, 0.4) is 0 Å². The van der Waals surface area contributed by atoms with E-state index in [0.29, 0.717) is 6.54 Å². The van der Waals surface area contributed by atoms with Gasteiger partial charge >= 0.3 is 0 Å². The van der Waals surface area contributed by atoms with Crippen molar-refractivity contribution in [3.8, 4) is 10.7 Å². The highest BCUT2D eigenvalue weighted by atomic mass is 32.1. The van der Waals surface area contributed by atoms with Gasteiger partial charge in [0, 0.05) is 23.0 Å². The number of hydrogen-bond acceptors (Lipinski definition) is 6. The molecule has 0 radical (unpaired) electrons. The average molecular weight is 373 g/mol. The second-order valence-corrected chi connectivity index (χ2v) is 7.67. The van der Waals surface area contributed by atoms with Crippen LogP contribution in [0.2, 0.25) is 0 Å². The van der Waals surface area contributed by atoms with Gasteiger partial charge in [0.25, 0.3) is 0 Å². The predicted octanol–water partition coefficient (Wildman–Crippen LogP) is 3.23. The summed E-state index contributed by atoms with van der Waals surface area (Å²) in [5, 5.41) is 7.85. The minimum atomic E-state index is -0.0127. The van der Waals surface area contributed by atoms with Gasteiger partial charge in [-0.1, -0.05) is 12.1 Å². The maximum atomic E-state index is 12.3. The van der Waals surface area contributed by atoms with Crippen molar-refractivity contribution in [3.63, 3.8) is 0 Å². The maximum absolute atomic E-state index is 12.3. The first-order valence-corrected chi connectivity index (χ1v) is 9.72. The normalized spacial score (nSPS) is 12.3. The summed E-state index contributed by atoms with van der Waals surface area (Å²) < 4.78 is 0. The Bertz CT molecular complexity index is 800. The summed E-state index contributed by atoms with van der Waals surface area (Å²) in [5.41, 5.74) is 1.62. The molecule has 1 unspecified atom stereocenters. The first-order chi connectivity index (χ1) is 12.1. The molecule has 5 nitrogen and oxygen atoms in total. The highest BCUT2D eigenvalue weighted by Crippen LogP contribution is 2.23. The molecule has 3 rings (SSSR count). The summed E-state index contributed by atoms with van der Waals surface area (Å²) in [5.74, 6) is -0.0127. The van der Waals surface area contributed by atoms with Crippen molar-refractivity contribution in [2.75, 3.05) is 20.6 Å². The number of aromatic nitrogens is 2. The van der Waals surface area contributed by atoms with Crippen LogP contribution >= 0.6 is 22.7 Å². The van der Waals surface area contributed by atoms with Crippen LogP contribution in [-0.2, 0) is 11.2 Å². The molecule has 0 fully saturated rings. The Morgan fingerprint density at radius 2 is 2.12 bits per heavy atom. The van der Waals surface area contributed by atoms with Crippen molar-refractivity contribution in [1.29, 1.82) is 0 Å². The molecule has 130 valence electrons. The molecule has 1 N–H and O–H groups in total. The van der Waals surface area contributed by atoms with Gasteiger partial charge in [0.05, 0.1) is 23.9 Å². The van der Waals surface area contributed by atoms with Crippen molar-refractivity contribution in [3.05, 3.63) is 57.9 Å². The minimum Gasteiger partial charge on any atom is -0.354 e. The third kappa shape index (κ3) is 4.72. The first-order valence-electron chi connectivity index (χ1n) is 7.96. The molecule has 0 aliphatic carbocycles. The fourth-order valence-corrected chi connectivity index (χ4v) is 4.17. The lowest BCUT2D eigenvalue weighted by Crippen LogP contribution is -2.35. The molecule has 0 saturated heterocycles. The predicted molar refractivity (Wildman–Crippen MR) is 103 cm³/mol. The van der Waals surface area contributed by atoms with Gasteiger partial charge in [-0.05, 0) is 37.7 Å². The van der Waals surface area contributed by atoms with E-state index in [1.807, 2.05) is 43.7 Å². The minimum absolute atomic E-state index is 0.0127. The number of amides is 1. The van der Waals surface area contributed by atoms with E-state index < -0.39 is 0 Å². The van der Waals surface area contributed by atoms with Crippen LogP contribution in [-0.4, -0.2) is 41.4 Å². The summed E-state index contributed by atoms with van der Waals surface area (Å²) >= 11 is 3.22. The van der Waals surface area contributed by atoms with Crippen LogP contribution < -0.4 is 5.32 Å².